The van der Waals surface area contributed by atoms with Crippen LogP contribution in [0.25, 0.3) is 11.4 Å². The highest BCUT2D eigenvalue weighted by Crippen LogP contribution is 2.30. The number of esters is 1. The minimum atomic E-state index is -2.92. The molecule has 1 aliphatic carbocycles. The lowest BCUT2D eigenvalue weighted by Crippen LogP contribution is -2.24. The predicted octanol–water partition coefficient (Wildman–Crippen LogP) is 1.68. The molecule has 2 aromatic heterocycles. The van der Waals surface area contributed by atoms with E-state index < -0.39 is 15.8 Å². The van der Waals surface area contributed by atoms with Gasteiger partial charge in [0.2, 0.25) is 5.82 Å². The standard InChI is InChI=1S/C18H25N5O4S/c1-12-8-15(9-16(19-12)18(24)27-2)17-20-22-23(21-17)10-13-4-6-14(7-5-13)11-28(3,25)26/h8-9,13-14H,4-7,10-11H2,1-3H3. The molecule has 0 radical (unpaired) electrons. The van der Waals surface area contributed by atoms with E-state index >= 15 is 0 Å². The summed E-state index contributed by atoms with van der Waals surface area (Å²) in [6.07, 6.45) is 5.03. The topological polar surface area (TPSA) is 117 Å². The van der Waals surface area contributed by atoms with Gasteiger partial charge in [-0.15, -0.1) is 10.2 Å². The molecule has 0 spiro atoms. The van der Waals surface area contributed by atoms with Gasteiger partial charge in [0.1, 0.15) is 15.5 Å². The van der Waals surface area contributed by atoms with Crippen molar-refractivity contribution in [2.75, 3.05) is 19.1 Å². The van der Waals surface area contributed by atoms with Crippen LogP contribution in [0.5, 0.6) is 0 Å². The summed E-state index contributed by atoms with van der Waals surface area (Å²) >= 11 is 0. The molecule has 9 nitrogen and oxygen atoms in total. The maximum Gasteiger partial charge on any atom is 0.356 e. The number of tetrazole rings is 1. The van der Waals surface area contributed by atoms with Crippen molar-refractivity contribution in [1.82, 2.24) is 25.2 Å². The number of sulfone groups is 1. The molecule has 0 aromatic carbocycles. The fourth-order valence-corrected chi connectivity index (χ4v) is 4.87. The Morgan fingerprint density at radius 1 is 1.21 bits per heavy atom. The van der Waals surface area contributed by atoms with Gasteiger partial charge in [0, 0.05) is 17.5 Å². The highest BCUT2D eigenvalue weighted by atomic mass is 32.2. The Bertz CT molecular complexity index is 949. The second-order valence-corrected chi connectivity index (χ2v) is 9.71. The molecule has 0 bridgehead atoms. The summed E-state index contributed by atoms with van der Waals surface area (Å²) in [5.41, 5.74) is 1.53. The van der Waals surface area contributed by atoms with Crippen LogP contribution in [0.15, 0.2) is 12.1 Å². The molecule has 28 heavy (non-hydrogen) atoms. The number of nitrogens with zero attached hydrogens (tertiary/aromatic N) is 5. The van der Waals surface area contributed by atoms with Crippen molar-refractivity contribution in [2.24, 2.45) is 11.8 Å². The maximum absolute atomic E-state index is 11.7. The third kappa shape index (κ3) is 5.34. The van der Waals surface area contributed by atoms with Crippen LogP contribution in [-0.4, -0.2) is 58.7 Å². The summed E-state index contributed by atoms with van der Waals surface area (Å²) in [5, 5.41) is 12.7. The van der Waals surface area contributed by atoms with E-state index in [1.807, 2.05) is 0 Å². The molecule has 0 atom stereocenters. The predicted molar refractivity (Wildman–Crippen MR) is 102 cm³/mol. The summed E-state index contributed by atoms with van der Waals surface area (Å²) in [5.74, 6) is 0.851. The van der Waals surface area contributed by atoms with E-state index in [9.17, 15) is 13.2 Å². The smallest absolute Gasteiger partial charge is 0.356 e. The van der Waals surface area contributed by atoms with Gasteiger partial charge in [-0.3, -0.25) is 0 Å². The normalized spacial score (nSPS) is 20.1. The maximum atomic E-state index is 11.7. The first kappa shape index (κ1) is 20.4. The quantitative estimate of drug-likeness (QED) is 0.664. The third-order valence-corrected chi connectivity index (χ3v) is 6.06. The number of pyridine rings is 1. The van der Waals surface area contributed by atoms with Crippen molar-refractivity contribution >= 4 is 15.8 Å². The van der Waals surface area contributed by atoms with Gasteiger partial charge in [-0.05, 0) is 61.8 Å². The van der Waals surface area contributed by atoms with Gasteiger partial charge in [-0.1, -0.05) is 0 Å². The number of hydrogen-bond acceptors (Lipinski definition) is 8. The first-order chi connectivity index (χ1) is 13.2. The van der Waals surface area contributed by atoms with Crippen LogP contribution in [0.3, 0.4) is 0 Å². The van der Waals surface area contributed by atoms with Crippen LogP contribution in [-0.2, 0) is 21.1 Å². The van der Waals surface area contributed by atoms with Crippen molar-refractivity contribution in [3.63, 3.8) is 0 Å². The van der Waals surface area contributed by atoms with Crippen molar-refractivity contribution in [3.8, 4) is 11.4 Å². The molecule has 2 aromatic rings. The van der Waals surface area contributed by atoms with Crippen LogP contribution >= 0.6 is 0 Å². The molecule has 0 aliphatic heterocycles. The molecule has 10 heteroatoms. The average Bonchev–Trinajstić information content (AvgIpc) is 3.09. The molecule has 1 saturated carbocycles. The number of methoxy groups -OCH3 is 1. The average molecular weight is 407 g/mol. The second kappa shape index (κ2) is 8.34. The van der Waals surface area contributed by atoms with Crippen molar-refractivity contribution in [2.45, 2.75) is 39.2 Å². The minimum Gasteiger partial charge on any atom is -0.464 e. The Morgan fingerprint density at radius 2 is 1.89 bits per heavy atom. The van der Waals surface area contributed by atoms with E-state index in [1.165, 1.54) is 13.4 Å². The van der Waals surface area contributed by atoms with Crippen molar-refractivity contribution in [3.05, 3.63) is 23.5 Å². The Morgan fingerprint density at radius 3 is 2.54 bits per heavy atom. The highest BCUT2D eigenvalue weighted by Gasteiger charge is 2.25. The summed E-state index contributed by atoms with van der Waals surface area (Å²) < 4.78 is 27.6. The van der Waals surface area contributed by atoms with Gasteiger partial charge in [-0.2, -0.15) is 4.80 Å². The lowest BCUT2D eigenvalue weighted by Gasteiger charge is -2.27. The zero-order valence-corrected chi connectivity index (χ0v) is 17.1. The van der Waals surface area contributed by atoms with Crippen molar-refractivity contribution < 1.29 is 17.9 Å². The number of aromatic nitrogens is 5. The summed E-state index contributed by atoms with van der Waals surface area (Å²) in [7, 11) is -1.61. The molecule has 1 fully saturated rings. The lowest BCUT2D eigenvalue weighted by molar-refractivity contribution is 0.0594. The molecule has 152 valence electrons. The van der Waals surface area contributed by atoms with Crippen LogP contribution < -0.4 is 0 Å². The number of carbonyl (C=O) groups is 1. The van der Waals surface area contributed by atoms with Crippen LogP contribution in [0.1, 0.15) is 41.9 Å². The van der Waals surface area contributed by atoms with Gasteiger partial charge in [0.25, 0.3) is 0 Å². The molecule has 0 unspecified atom stereocenters. The van der Waals surface area contributed by atoms with E-state index in [2.05, 4.69) is 20.4 Å². The van der Waals surface area contributed by atoms with E-state index in [4.69, 9.17) is 4.74 Å². The fourth-order valence-electron chi connectivity index (χ4n) is 3.68. The molecule has 0 N–H and O–H groups in total. The minimum absolute atomic E-state index is 0.207. The molecule has 2 heterocycles. The monoisotopic (exact) mass is 407 g/mol. The number of rotatable bonds is 6. The highest BCUT2D eigenvalue weighted by molar-refractivity contribution is 7.90. The Balaban J connectivity index is 1.64. The Kier molecular flexibility index (Phi) is 6.07. The Hall–Kier alpha value is -2.36. The molecule has 1 aliphatic rings. The van der Waals surface area contributed by atoms with E-state index in [0.29, 0.717) is 29.5 Å². The largest absolute Gasteiger partial charge is 0.464 e. The SMILES string of the molecule is COC(=O)c1cc(-c2nnn(CC3CCC(CS(C)(=O)=O)CC3)n2)cc(C)n1. The van der Waals surface area contributed by atoms with Gasteiger partial charge in [0.15, 0.2) is 0 Å². The van der Waals surface area contributed by atoms with Gasteiger partial charge >= 0.3 is 5.97 Å². The summed E-state index contributed by atoms with van der Waals surface area (Å²) in [6, 6.07) is 3.39. The fraction of sp³-hybridized carbons (Fsp3) is 0.611. The second-order valence-electron chi connectivity index (χ2n) is 7.52. The first-order valence-electron chi connectivity index (χ1n) is 9.26. The van der Waals surface area contributed by atoms with Crippen LogP contribution in [0.4, 0.5) is 0 Å². The van der Waals surface area contributed by atoms with Crippen molar-refractivity contribution in [1.29, 1.82) is 0 Å². The number of aryl methyl sites for hydroxylation is 1. The van der Waals surface area contributed by atoms with Gasteiger partial charge < -0.3 is 4.74 Å². The van der Waals surface area contributed by atoms with Crippen LogP contribution in [0.2, 0.25) is 0 Å². The van der Waals surface area contributed by atoms with Crippen LogP contribution in [0, 0.1) is 18.8 Å². The summed E-state index contributed by atoms with van der Waals surface area (Å²) in [4.78, 5) is 17.5. The summed E-state index contributed by atoms with van der Waals surface area (Å²) in [6.45, 7) is 2.43. The van der Waals surface area contributed by atoms with Gasteiger partial charge in [-0.25, -0.2) is 18.2 Å². The lowest BCUT2D eigenvalue weighted by atomic mass is 9.83. The molecule has 0 amide bonds. The number of carbonyl (C=O) groups excluding carboxylic acids is 1. The first-order valence-corrected chi connectivity index (χ1v) is 11.3. The number of hydrogen-bond donors (Lipinski definition) is 0. The van der Waals surface area contributed by atoms with Gasteiger partial charge in [0.05, 0.1) is 19.4 Å². The zero-order chi connectivity index (χ0) is 20.3. The molecular weight excluding hydrogens is 382 g/mol. The molecular formula is C18H25N5O4S. The van der Waals surface area contributed by atoms with E-state index in [0.717, 1.165) is 25.7 Å². The Labute approximate surface area is 164 Å². The number of ether oxygens (including phenoxy) is 1. The molecule has 0 saturated heterocycles. The van der Waals surface area contributed by atoms with E-state index in [-0.39, 0.29) is 17.4 Å². The van der Waals surface area contributed by atoms with E-state index in [1.54, 1.807) is 23.9 Å². The zero-order valence-electron chi connectivity index (χ0n) is 16.3. The molecule has 3 rings (SSSR count). The third-order valence-electron chi connectivity index (χ3n) is 4.99.